The van der Waals surface area contributed by atoms with Gasteiger partial charge < -0.3 is 4.74 Å². The van der Waals surface area contributed by atoms with Gasteiger partial charge in [0.05, 0.1) is 0 Å². The van der Waals surface area contributed by atoms with Crippen molar-refractivity contribution in [3.63, 3.8) is 0 Å². The van der Waals surface area contributed by atoms with Gasteiger partial charge in [0, 0.05) is 24.7 Å². The molecule has 0 radical (unpaired) electrons. The Morgan fingerprint density at radius 3 is 2.15 bits per heavy atom. The van der Waals surface area contributed by atoms with Crippen LogP contribution in [0.5, 0.6) is 0 Å². The number of fused-ring (bicyclic) bond motifs is 7. The van der Waals surface area contributed by atoms with Crippen LogP contribution in [0.3, 0.4) is 0 Å². The minimum absolute atomic E-state index is 0.000620. The molecule has 5 rings (SSSR count). The smallest absolute Gasteiger partial charge is 0.302 e. The third-order valence-corrected chi connectivity index (χ3v) is 12.9. The summed E-state index contributed by atoms with van der Waals surface area (Å²) in [4.78, 5) is 26.0. The highest BCUT2D eigenvalue weighted by Gasteiger charge is 2.68. The number of carbonyl (C=O) groups excluding carboxylic acids is 2. The molecule has 3 nitrogen and oxygen atoms in total. The number of ether oxygens (including phenoxy) is 1. The summed E-state index contributed by atoms with van der Waals surface area (Å²) in [6.45, 7) is 18.7. The molecule has 9 unspecified atom stereocenters. The number of rotatable bonds is 1. The van der Waals surface area contributed by atoms with Crippen molar-refractivity contribution >= 4 is 11.8 Å². The SMILES string of the molecule is CC(=O)OC1CCC2(C)C(CCC3(C)C4CCC5(C)CCC(C)(C)CC5C4C(=O)CC32)C1(C)C. The van der Waals surface area contributed by atoms with Crippen LogP contribution < -0.4 is 0 Å². The van der Waals surface area contributed by atoms with Crippen LogP contribution in [0, 0.1) is 56.7 Å². The summed E-state index contributed by atoms with van der Waals surface area (Å²) in [5.74, 6) is 2.82. The van der Waals surface area contributed by atoms with Crippen LogP contribution in [0.25, 0.3) is 0 Å². The predicted octanol–water partition coefficient (Wildman–Crippen LogP) is 7.61. The number of esters is 1. The van der Waals surface area contributed by atoms with Crippen LogP contribution in [-0.4, -0.2) is 17.9 Å². The van der Waals surface area contributed by atoms with Crippen LogP contribution in [0.2, 0.25) is 0 Å². The molecular weight excluding hydrogens is 420 g/mol. The monoisotopic (exact) mass is 470 g/mol. The van der Waals surface area contributed by atoms with Crippen molar-refractivity contribution in [1.29, 1.82) is 0 Å². The molecule has 0 spiro atoms. The van der Waals surface area contributed by atoms with Gasteiger partial charge in [-0.2, -0.15) is 0 Å². The molecule has 0 aromatic rings. The second-order valence-electron chi connectivity index (χ2n) is 15.6. The molecule has 0 aliphatic heterocycles. The molecule has 0 aromatic carbocycles. The first kappa shape index (κ1) is 24.8. The number of hydrogen-bond donors (Lipinski definition) is 0. The van der Waals surface area contributed by atoms with E-state index in [1.165, 1.54) is 44.9 Å². The number of ketones is 1. The highest BCUT2D eigenvalue weighted by atomic mass is 16.5. The van der Waals surface area contributed by atoms with E-state index in [9.17, 15) is 9.59 Å². The molecule has 0 N–H and O–H groups in total. The zero-order valence-corrected chi connectivity index (χ0v) is 23.3. The van der Waals surface area contributed by atoms with Gasteiger partial charge >= 0.3 is 5.97 Å². The maximum Gasteiger partial charge on any atom is 0.302 e. The van der Waals surface area contributed by atoms with Crippen molar-refractivity contribution < 1.29 is 14.3 Å². The van der Waals surface area contributed by atoms with Gasteiger partial charge in [0.1, 0.15) is 11.9 Å². The number of hydrogen-bond acceptors (Lipinski definition) is 3. The zero-order chi connectivity index (χ0) is 24.9. The molecule has 0 saturated heterocycles. The standard InChI is InChI=1S/C31H50O3/c1-19(32)34-25-11-14-31(8)23(28(25,4)5)10-13-30(7)20-9-12-29(6)16-15-27(2,3)18-21(29)26(20)22(33)17-24(30)31/h20-21,23-26H,9-18H2,1-8H3. The average molecular weight is 471 g/mol. The Kier molecular flexibility index (Phi) is 5.53. The average Bonchev–Trinajstić information content (AvgIpc) is 2.72. The number of carbonyl (C=O) groups is 2. The highest BCUT2D eigenvalue weighted by molar-refractivity contribution is 5.83. The fraction of sp³-hybridized carbons (Fsp3) is 0.935. The van der Waals surface area contributed by atoms with Crippen LogP contribution in [-0.2, 0) is 14.3 Å². The molecule has 5 aliphatic rings. The van der Waals surface area contributed by atoms with Crippen molar-refractivity contribution in [2.24, 2.45) is 56.7 Å². The first-order valence-corrected chi connectivity index (χ1v) is 14.3. The van der Waals surface area contributed by atoms with E-state index in [2.05, 4.69) is 48.5 Å². The molecule has 3 heteroatoms. The summed E-state index contributed by atoms with van der Waals surface area (Å²) in [5, 5.41) is 0. The fourth-order valence-electron chi connectivity index (χ4n) is 11.0. The van der Waals surface area contributed by atoms with Crippen molar-refractivity contribution in [1.82, 2.24) is 0 Å². The number of Topliss-reactive ketones (excluding diaryl/α,β-unsaturated/α-hetero) is 1. The summed E-state index contributed by atoms with van der Waals surface area (Å²) < 4.78 is 5.85. The van der Waals surface area contributed by atoms with Crippen molar-refractivity contribution in [2.45, 2.75) is 126 Å². The lowest BCUT2D eigenvalue weighted by atomic mass is 9.35. The van der Waals surface area contributed by atoms with E-state index in [-0.39, 0.29) is 34.2 Å². The quantitative estimate of drug-likeness (QED) is 0.370. The first-order chi connectivity index (χ1) is 15.6. The van der Waals surface area contributed by atoms with Gasteiger partial charge in [-0.15, -0.1) is 0 Å². The third-order valence-electron chi connectivity index (χ3n) is 12.9. The molecule has 192 valence electrons. The summed E-state index contributed by atoms with van der Waals surface area (Å²) in [6, 6.07) is 0. The molecule has 0 heterocycles. The van der Waals surface area contributed by atoms with Crippen LogP contribution >= 0.6 is 0 Å². The van der Waals surface area contributed by atoms with Crippen molar-refractivity contribution in [2.75, 3.05) is 0 Å². The Morgan fingerprint density at radius 2 is 1.47 bits per heavy atom. The molecule has 9 atom stereocenters. The molecule has 0 amide bonds. The molecular formula is C31H50O3. The van der Waals surface area contributed by atoms with Gasteiger partial charge in [0.2, 0.25) is 0 Å². The van der Waals surface area contributed by atoms with Gasteiger partial charge in [-0.25, -0.2) is 0 Å². The largest absolute Gasteiger partial charge is 0.462 e. The Hall–Kier alpha value is -0.860. The van der Waals surface area contributed by atoms with E-state index in [0.29, 0.717) is 40.3 Å². The summed E-state index contributed by atoms with van der Waals surface area (Å²) in [5.41, 5.74) is 1.10. The van der Waals surface area contributed by atoms with Crippen molar-refractivity contribution in [3.8, 4) is 0 Å². The predicted molar refractivity (Wildman–Crippen MR) is 136 cm³/mol. The first-order valence-electron chi connectivity index (χ1n) is 14.3. The van der Waals surface area contributed by atoms with Gasteiger partial charge in [0.25, 0.3) is 0 Å². The van der Waals surface area contributed by atoms with Crippen molar-refractivity contribution in [3.05, 3.63) is 0 Å². The van der Waals surface area contributed by atoms with Crippen LogP contribution in [0.4, 0.5) is 0 Å². The molecule has 0 bridgehead atoms. The van der Waals surface area contributed by atoms with Crippen LogP contribution in [0.15, 0.2) is 0 Å². The Labute approximate surface area is 208 Å². The van der Waals surface area contributed by atoms with E-state index in [4.69, 9.17) is 4.74 Å². The van der Waals surface area contributed by atoms with Gasteiger partial charge in [-0.05, 0) is 103 Å². The second kappa shape index (κ2) is 7.58. The highest BCUT2D eigenvalue weighted by Crippen LogP contribution is 2.72. The Balaban J connectivity index is 1.48. The lowest BCUT2D eigenvalue weighted by Gasteiger charge is -2.69. The van der Waals surface area contributed by atoms with E-state index < -0.39 is 0 Å². The van der Waals surface area contributed by atoms with Crippen LogP contribution in [0.1, 0.15) is 120 Å². The fourth-order valence-corrected chi connectivity index (χ4v) is 11.0. The normalized spacial score (nSPS) is 51.4. The third kappa shape index (κ3) is 3.41. The molecule has 5 fully saturated rings. The molecule has 5 aliphatic carbocycles. The lowest BCUT2D eigenvalue weighted by Crippen LogP contribution is -2.65. The minimum Gasteiger partial charge on any atom is -0.462 e. The van der Waals surface area contributed by atoms with Gasteiger partial charge in [-0.1, -0.05) is 48.5 Å². The van der Waals surface area contributed by atoms with E-state index in [1.807, 2.05) is 0 Å². The summed E-state index contributed by atoms with van der Waals surface area (Å²) in [6.07, 6.45) is 11.6. The second-order valence-corrected chi connectivity index (χ2v) is 15.6. The molecule has 34 heavy (non-hydrogen) atoms. The zero-order valence-electron chi connectivity index (χ0n) is 23.3. The molecule has 0 aromatic heterocycles. The van der Waals surface area contributed by atoms with E-state index in [1.54, 1.807) is 6.92 Å². The van der Waals surface area contributed by atoms with Gasteiger partial charge in [-0.3, -0.25) is 9.59 Å². The van der Waals surface area contributed by atoms with E-state index in [0.717, 1.165) is 19.3 Å². The maximum atomic E-state index is 14.2. The maximum absolute atomic E-state index is 14.2. The topological polar surface area (TPSA) is 43.4 Å². The van der Waals surface area contributed by atoms with E-state index >= 15 is 0 Å². The summed E-state index contributed by atoms with van der Waals surface area (Å²) >= 11 is 0. The van der Waals surface area contributed by atoms with Gasteiger partial charge in [0.15, 0.2) is 0 Å². The Morgan fingerprint density at radius 1 is 0.794 bits per heavy atom. The molecule has 5 saturated carbocycles. The lowest BCUT2D eigenvalue weighted by molar-refractivity contribution is -0.221. The minimum atomic E-state index is -0.154. The summed E-state index contributed by atoms with van der Waals surface area (Å²) in [7, 11) is 0. The Bertz CT molecular complexity index is 872.